The van der Waals surface area contributed by atoms with Gasteiger partial charge in [-0.25, -0.2) is 4.39 Å². The number of aliphatic hydroxyl groups is 3. The summed E-state index contributed by atoms with van der Waals surface area (Å²) in [5, 5.41) is 53.6. The number of rotatable bonds is 6. The van der Waals surface area contributed by atoms with Crippen LogP contribution in [0.5, 0.6) is 5.75 Å². The summed E-state index contributed by atoms with van der Waals surface area (Å²) in [5.41, 5.74) is 0.878. The molecule has 4 atom stereocenters. The summed E-state index contributed by atoms with van der Waals surface area (Å²) in [6.45, 7) is 10.7. The van der Waals surface area contributed by atoms with Crippen LogP contribution in [0, 0.1) is 28.5 Å². The zero-order valence-corrected chi connectivity index (χ0v) is 25.6. The molecule has 0 aromatic heterocycles. The summed E-state index contributed by atoms with van der Waals surface area (Å²) in [6.07, 6.45) is 0.749. The van der Waals surface area contributed by atoms with Crippen LogP contribution in [0.4, 0.5) is 4.39 Å². The third-order valence-corrected chi connectivity index (χ3v) is 9.19. The number of Topliss-reactive ketones (excluding diaryl/α,β-unsaturated/α-hetero) is 1. The maximum absolute atomic E-state index is 16.2. The number of aromatic hydroxyl groups is 1. The molecule has 1 unspecified atom stereocenters. The molecule has 1 saturated carbocycles. The highest BCUT2D eigenvalue weighted by Gasteiger charge is 2.63. The minimum absolute atomic E-state index is 0.0225. The van der Waals surface area contributed by atoms with E-state index in [2.05, 4.69) is 34.6 Å². The number of halogens is 1. The zero-order valence-electron chi connectivity index (χ0n) is 25.6. The van der Waals surface area contributed by atoms with Crippen LogP contribution in [-0.4, -0.2) is 86.0 Å². The van der Waals surface area contributed by atoms with Crippen LogP contribution in [0.3, 0.4) is 0 Å². The highest BCUT2D eigenvalue weighted by molar-refractivity contribution is 6.33. The Morgan fingerprint density at radius 2 is 1.76 bits per heavy atom. The predicted octanol–water partition coefficient (Wildman–Crippen LogP) is 3.20. The SMILES string of the molecule is CN(C)[C@@H]1C(O)=C(C(N)=O)C(=N)[C@@]2(O)C(=O)C3=C(O)c4c(O)cc(CN(C)C(C)(C)CC(C)(C)C)c(F)c4C[C@H]3CC12. The average molecular weight is 587 g/mol. The lowest BCUT2D eigenvalue weighted by molar-refractivity contribution is -0.138. The first-order chi connectivity index (χ1) is 19.1. The second kappa shape index (κ2) is 10.2. The molecule has 1 amide bonds. The van der Waals surface area contributed by atoms with E-state index < -0.39 is 69.5 Å². The number of ketones is 1. The molecule has 0 saturated heterocycles. The number of primary amides is 1. The van der Waals surface area contributed by atoms with E-state index in [9.17, 15) is 30.0 Å². The Morgan fingerprint density at radius 3 is 2.29 bits per heavy atom. The molecule has 0 aliphatic heterocycles. The fraction of sp³-hybridized carbons (Fsp3) is 0.581. The van der Waals surface area contributed by atoms with Crippen LogP contribution in [-0.2, 0) is 22.6 Å². The van der Waals surface area contributed by atoms with Gasteiger partial charge in [-0.1, -0.05) is 20.8 Å². The van der Waals surface area contributed by atoms with Crippen LogP contribution in [0.15, 0.2) is 23.0 Å². The molecule has 42 heavy (non-hydrogen) atoms. The maximum atomic E-state index is 16.2. The zero-order chi connectivity index (χ0) is 31.9. The van der Waals surface area contributed by atoms with Crippen molar-refractivity contribution in [3.63, 3.8) is 0 Å². The van der Waals surface area contributed by atoms with Gasteiger partial charge in [0.2, 0.25) is 5.78 Å². The minimum atomic E-state index is -2.59. The van der Waals surface area contributed by atoms with E-state index in [0.717, 1.165) is 6.42 Å². The van der Waals surface area contributed by atoms with Gasteiger partial charge in [0.25, 0.3) is 5.91 Å². The van der Waals surface area contributed by atoms with Crippen molar-refractivity contribution in [3.8, 4) is 5.75 Å². The number of benzene rings is 1. The lowest BCUT2D eigenvalue weighted by Crippen LogP contribution is -2.67. The number of nitrogens with zero attached hydrogens (tertiary/aromatic N) is 2. The molecule has 0 spiro atoms. The first kappa shape index (κ1) is 31.7. The Bertz CT molecular complexity index is 1440. The lowest BCUT2D eigenvalue weighted by Gasteiger charge is -2.51. The summed E-state index contributed by atoms with van der Waals surface area (Å²) in [4.78, 5) is 29.7. The van der Waals surface area contributed by atoms with Gasteiger partial charge in [0.05, 0.1) is 17.3 Å². The van der Waals surface area contributed by atoms with E-state index in [1.165, 1.54) is 11.0 Å². The molecule has 0 radical (unpaired) electrons. The van der Waals surface area contributed by atoms with Crippen LogP contribution in [0.25, 0.3) is 5.76 Å². The number of nitrogens with two attached hydrogens (primary N) is 1. The summed E-state index contributed by atoms with van der Waals surface area (Å²) < 4.78 is 16.2. The van der Waals surface area contributed by atoms with Gasteiger partial charge in [-0.15, -0.1) is 0 Å². The molecular formula is C31H43FN4O6. The van der Waals surface area contributed by atoms with Gasteiger partial charge in [0.15, 0.2) is 5.60 Å². The highest BCUT2D eigenvalue weighted by atomic mass is 19.1. The summed E-state index contributed by atoms with van der Waals surface area (Å²) in [7, 11) is 5.05. The van der Waals surface area contributed by atoms with Gasteiger partial charge in [-0.05, 0) is 71.7 Å². The molecule has 0 heterocycles. The number of phenols is 1. The number of carbonyl (C=O) groups is 2. The van der Waals surface area contributed by atoms with Gasteiger partial charge in [0.1, 0.15) is 28.7 Å². The third-order valence-electron chi connectivity index (χ3n) is 9.19. The van der Waals surface area contributed by atoms with E-state index in [1.807, 2.05) is 11.9 Å². The number of amides is 1. The van der Waals surface area contributed by atoms with Gasteiger partial charge < -0.3 is 31.6 Å². The van der Waals surface area contributed by atoms with Crippen LogP contribution < -0.4 is 5.73 Å². The second-order valence-electron chi connectivity index (χ2n) is 14.1. The number of likely N-dealkylation sites (N-methyl/N-ethyl adjacent to an activating group) is 1. The molecular weight excluding hydrogens is 543 g/mol. The predicted molar refractivity (Wildman–Crippen MR) is 157 cm³/mol. The Morgan fingerprint density at radius 1 is 1.17 bits per heavy atom. The van der Waals surface area contributed by atoms with Crippen molar-refractivity contribution in [2.75, 3.05) is 21.1 Å². The molecule has 1 aromatic carbocycles. The molecule has 7 N–H and O–H groups in total. The van der Waals surface area contributed by atoms with Crippen molar-refractivity contribution in [2.24, 2.45) is 23.0 Å². The molecule has 10 nitrogen and oxygen atoms in total. The van der Waals surface area contributed by atoms with Crippen molar-refractivity contribution < 1.29 is 34.4 Å². The Labute approximate surface area is 245 Å². The first-order valence-corrected chi connectivity index (χ1v) is 14.1. The number of aliphatic hydroxyl groups excluding tert-OH is 2. The smallest absolute Gasteiger partial charge is 0.254 e. The lowest BCUT2D eigenvalue weighted by atomic mass is 9.57. The average Bonchev–Trinajstić information content (AvgIpc) is 2.82. The fourth-order valence-electron chi connectivity index (χ4n) is 7.42. The first-order valence-electron chi connectivity index (χ1n) is 14.1. The van der Waals surface area contributed by atoms with Gasteiger partial charge in [-0.3, -0.25) is 19.4 Å². The van der Waals surface area contributed by atoms with Crippen molar-refractivity contribution in [3.05, 3.63) is 45.5 Å². The molecule has 1 aromatic rings. The van der Waals surface area contributed by atoms with Crippen molar-refractivity contribution >= 4 is 23.2 Å². The van der Waals surface area contributed by atoms with Crippen molar-refractivity contribution in [1.29, 1.82) is 5.41 Å². The van der Waals surface area contributed by atoms with Gasteiger partial charge in [0, 0.05) is 34.7 Å². The topological polar surface area (TPSA) is 171 Å². The Hall–Kier alpha value is -3.28. The van der Waals surface area contributed by atoms with E-state index in [0.29, 0.717) is 0 Å². The fourth-order valence-corrected chi connectivity index (χ4v) is 7.42. The number of carbonyl (C=O) groups excluding carboxylic acids is 2. The van der Waals surface area contributed by atoms with Crippen LogP contribution >= 0.6 is 0 Å². The second-order valence-corrected chi connectivity index (χ2v) is 14.1. The van der Waals surface area contributed by atoms with Gasteiger partial charge >= 0.3 is 0 Å². The number of nitrogens with one attached hydrogen (secondary N) is 1. The number of phenolic OH excluding ortho intramolecular Hbond substituents is 1. The van der Waals surface area contributed by atoms with E-state index in [4.69, 9.17) is 11.1 Å². The molecule has 11 heteroatoms. The minimum Gasteiger partial charge on any atom is -0.510 e. The number of hydrogen-bond acceptors (Lipinski definition) is 9. The largest absolute Gasteiger partial charge is 0.510 e. The van der Waals surface area contributed by atoms with E-state index in [1.54, 1.807) is 14.1 Å². The third kappa shape index (κ3) is 4.81. The number of hydrogen-bond donors (Lipinski definition) is 6. The molecule has 230 valence electrons. The summed E-state index contributed by atoms with van der Waals surface area (Å²) in [6, 6.07) is 0.195. The Kier molecular flexibility index (Phi) is 7.66. The van der Waals surface area contributed by atoms with Crippen molar-refractivity contribution in [1.82, 2.24) is 9.80 Å². The summed E-state index contributed by atoms with van der Waals surface area (Å²) >= 11 is 0. The van der Waals surface area contributed by atoms with Crippen LogP contribution in [0.2, 0.25) is 0 Å². The van der Waals surface area contributed by atoms with E-state index >= 15 is 4.39 Å². The molecule has 4 rings (SSSR count). The maximum Gasteiger partial charge on any atom is 0.254 e. The quantitative estimate of drug-likeness (QED) is 0.295. The Balaban J connectivity index is 1.82. The monoisotopic (exact) mass is 586 g/mol. The highest BCUT2D eigenvalue weighted by Crippen LogP contribution is 2.52. The molecule has 3 aliphatic carbocycles. The molecule has 0 bridgehead atoms. The summed E-state index contributed by atoms with van der Waals surface area (Å²) in [5.74, 6) is -6.30. The molecule has 1 fully saturated rings. The van der Waals surface area contributed by atoms with Gasteiger partial charge in [-0.2, -0.15) is 0 Å². The van der Waals surface area contributed by atoms with E-state index in [-0.39, 0.29) is 52.6 Å². The van der Waals surface area contributed by atoms with Crippen LogP contribution in [0.1, 0.15) is 64.2 Å². The number of fused-ring (bicyclic) bond motifs is 3. The molecule has 3 aliphatic rings. The van der Waals surface area contributed by atoms with Crippen molar-refractivity contribution in [2.45, 2.75) is 77.6 Å². The standard InChI is InChI=1S/C31H43FN4O6/c1-29(2,3)13-30(4,5)36(8)12-15-11-18(37)20-16(22(15)32)9-14-10-17-23(35(6)7)25(39)21(28(34)41)26(33)31(17,42)27(40)19(14)24(20)38/h11,14,17,23,33,37-39,42H,9-10,12-13H2,1-8H3,(H2,34,41)/t14-,17?,23-,31+/m0/s1. The normalized spacial score (nSPS) is 26.5.